The van der Waals surface area contributed by atoms with E-state index in [1.54, 1.807) is 48.5 Å². The third-order valence-corrected chi connectivity index (χ3v) is 6.54. The van der Waals surface area contributed by atoms with Gasteiger partial charge in [-0.2, -0.15) is 0 Å². The van der Waals surface area contributed by atoms with Crippen molar-refractivity contribution in [1.29, 1.82) is 0 Å². The van der Waals surface area contributed by atoms with Gasteiger partial charge in [0.1, 0.15) is 22.5 Å². The van der Waals surface area contributed by atoms with E-state index < -0.39 is 23.1 Å². The number of aromatic nitrogens is 2. The van der Waals surface area contributed by atoms with Gasteiger partial charge in [-0.15, -0.1) is 0 Å². The molecule has 0 amide bonds. The Morgan fingerprint density at radius 1 is 0.525 bits per heavy atom. The van der Waals surface area contributed by atoms with E-state index in [0.29, 0.717) is 57.6 Å². The van der Waals surface area contributed by atoms with Crippen LogP contribution in [0, 0.1) is 17.5 Å². The summed E-state index contributed by atoms with van der Waals surface area (Å²) in [7, 11) is 0. The maximum Gasteiger partial charge on any atom is 0.227 e. The van der Waals surface area contributed by atoms with E-state index in [0.717, 1.165) is 11.0 Å². The Bertz CT molecular complexity index is 1790. The Hall–Kier alpha value is -5.37. The molecule has 0 atom stereocenters. The van der Waals surface area contributed by atoms with Crippen molar-refractivity contribution in [3.63, 3.8) is 0 Å². The molecule has 5 aromatic carbocycles. The van der Waals surface area contributed by atoms with Crippen LogP contribution in [0.4, 0.5) is 30.2 Å². The molecule has 0 aliphatic heterocycles. The van der Waals surface area contributed by atoms with Crippen molar-refractivity contribution < 1.29 is 22.0 Å². The van der Waals surface area contributed by atoms with Gasteiger partial charge in [-0.25, -0.2) is 23.1 Å². The second-order valence-electron chi connectivity index (χ2n) is 9.12. The summed E-state index contributed by atoms with van der Waals surface area (Å²) < 4.78 is 55.7. The van der Waals surface area contributed by atoms with Crippen molar-refractivity contribution in [1.82, 2.24) is 9.97 Å². The fourth-order valence-corrected chi connectivity index (χ4v) is 4.65. The Morgan fingerprint density at radius 2 is 0.950 bits per heavy atom. The van der Waals surface area contributed by atoms with E-state index in [2.05, 4.69) is 9.97 Å². The lowest BCUT2D eigenvalue weighted by Crippen LogP contribution is -2.14. The molecular weight excluding hydrogens is 515 g/mol. The number of halogens is 3. The molecule has 0 aliphatic rings. The van der Waals surface area contributed by atoms with Gasteiger partial charge in [0.15, 0.2) is 22.8 Å². The second kappa shape index (κ2) is 9.43. The molecule has 0 spiro atoms. The normalized spacial score (nSPS) is 11.4. The van der Waals surface area contributed by atoms with E-state index in [1.165, 1.54) is 4.90 Å². The molecule has 0 aliphatic carbocycles. The van der Waals surface area contributed by atoms with Crippen molar-refractivity contribution in [2.24, 2.45) is 0 Å². The number of hydrogen-bond acceptors (Lipinski definition) is 5. The van der Waals surface area contributed by atoms with Gasteiger partial charge in [0.05, 0.1) is 0 Å². The molecule has 40 heavy (non-hydrogen) atoms. The molecule has 0 fully saturated rings. The first kappa shape index (κ1) is 23.7. The number of hydrogen-bond donors (Lipinski definition) is 0. The van der Waals surface area contributed by atoms with Gasteiger partial charge in [0.2, 0.25) is 11.8 Å². The third kappa shape index (κ3) is 4.16. The number of rotatable bonds is 5. The van der Waals surface area contributed by atoms with Crippen LogP contribution in [0.15, 0.2) is 118 Å². The van der Waals surface area contributed by atoms with Gasteiger partial charge in [-0.3, -0.25) is 0 Å². The predicted molar refractivity (Wildman–Crippen MR) is 147 cm³/mol. The van der Waals surface area contributed by atoms with Crippen LogP contribution in [-0.4, -0.2) is 9.97 Å². The molecule has 8 heteroatoms. The summed E-state index contributed by atoms with van der Waals surface area (Å²) in [6.45, 7) is 0. The van der Waals surface area contributed by atoms with Gasteiger partial charge < -0.3 is 13.7 Å². The van der Waals surface area contributed by atoms with Crippen LogP contribution in [0.1, 0.15) is 0 Å². The first-order valence-electron chi connectivity index (χ1n) is 12.4. The Labute approximate surface area is 225 Å². The molecule has 0 radical (unpaired) electrons. The molecule has 0 unspecified atom stereocenters. The lowest BCUT2D eigenvalue weighted by Gasteiger charge is -2.26. The van der Waals surface area contributed by atoms with Crippen molar-refractivity contribution >= 4 is 39.3 Å². The maximum absolute atomic E-state index is 15.1. The summed E-state index contributed by atoms with van der Waals surface area (Å²) in [6, 6.07) is 29.9. The van der Waals surface area contributed by atoms with E-state index in [1.807, 2.05) is 48.5 Å². The molecule has 0 saturated carbocycles. The highest BCUT2D eigenvalue weighted by atomic mass is 19.1. The van der Waals surface area contributed by atoms with Crippen LogP contribution in [0.2, 0.25) is 0 Å². The molecule has 5 nitrogen and oxygen atoms in total. The van der Waals surface area contributed by atoms with Crippen molar-refractivity contribution in [3.8, 4) is 22.9 Å². The van der Waals surface area contributed by atoms with Crippen LogP contribution >= 0.6 is 0 Å². The number of oxazole rings is 2. The van der Waals surface area contributed by atoms with Crippen molar-refractivity contribution in [3.05, 3.63) is 127 Å². The van der Waals surface area contributed by atoms with E-state index >= 15 is 8.78 Å². The Balaban J connectivity index is 1.30. The summed E-state index contributed by atoms with van der Waals surface area (Å²) in [5.41, 5.74) is 4.59. The molecule has 7 rings (SSSR count). The van der Waals surface area contributed by atoms with Gasteiger partial charge in [-0.05, 0) is 72.8 Å². The van der Waals surface area contributed by atoms with Gasteiger partial charge in [0, 0.05) is 34.6 Å². The average molecular weight is 534 g/mol. The quantitative estimate of drug-likeness (QED) is 0.221. The zero-order valence-electron chi connectivity index (χ0n) is 20.7. The fourth-order valence-electron chi connectivity index (χ4n) is 4.65. The van der Waals surface area contributed by atoms with Crippen LogP contribution in [0.3, 0.4) is 0 Å². The molecule has 194 valence electrons. The zero-order valence-corrected chi connectivity index (χ0v) is 20.7. The molecule has 0 N–H and O–H groups in total. The highest BCUT2D eigenvalue weighted by Crippen LogP contribution is 2.40. The summed E-state index contributed by atoms with van der Waals surface area (Å²) in [5, 5.41) is 0. The Kier molecular flexibility index (Phi) is 5.59. The topological polar surface area (TPSA) is 55.3 Å². The highest BCUT2D eigenvalue weighted by Gasteiger charge is 2.23. The lowest BCUT2D eigenvalue weighted by molar-refractivity contribution is 0.545. The number of fused-ring (bicyclic) bond motifs is 2. The minimum atomic E-state index is -1.04. The standard InChI is InChI=1S/C32H18F3N3O2/c33-21-17-24(34)30(25(35)18-21)38(22-13-9-19(10-14-22)31-36-26-5-1-3-7-28(26)39-31)23-15-11-20(12-16-23)32-37-27-6-2-4-8-29(27)40-32/h1-18H. The van der Waals surface area contributed by atoms with Gasteiger partial charge in [0.25, 0.3) is 0 Å². The zero-order chi connectivity index (χ0) is 27.2. The summed E-state index contributed by atoms with van der Waals surface area (Å²) in [4.78, 5) is 10.4. The third-order valence-electron chi connectivity index (χ3n) is 6.54. The first-order valence-corrected chi connectivity index (χ1v) is 12.4. The molecule has 0 bridgehead atoms. The average Bonchev–Trinajstić information content (AvgIpc) is 3.60. The number of para-hydroxylation sites is 4. The highest BCUT2D eigenvalue weighted by molar-refractivity contribution is 5.81. The van der Waals surface area contributed by atoms with Crippen molar-refractivity contribution in [2.45, 2.75) is 0 Å². The molecule has 2 aromatic heterocycles. The number of benzene rings is 5. The lowest BCUT2D eigenvalue weighted by atomic mass is 10.1. The second-order valence-corrected chi connectivity index (χ2v) is 9.12. The van der Waals surface area contributed by atoms with Crippen molar-refractivity contribution in [2.75, 3.05) is 4.90 Å². The van der Waals surface area contributed by atoms with Crippen LogP contribution < -0.4 is 4.90 Å². The smallest absolute Gasteiger partial charge is 0.227 e. The summed E-state index contributed by atoms with van der Waals surface area (Å²) >= 11 is 0. The molecule has 0 saturated heterocycles. The van der Waals surface area contributed by atoms with Crippen LogP contribution in [-0.2, 0) is 0 Å². The molecular formula is C32H18F3N3O2. The predicted octanol–water partition coefficient (Wildman–Crippen LogP) is 9.19. The minimum Gasteiger partial charge on any atom is -0.436 e. The monoisotopic (exact) mass is 533 g/mol. The SMILES string of the molecule is Fc1cc(F)c(N(c2ccc(-c3nc4ccccc4o3)cc2)c2ccc(-c3nc4ccccc4o3)cc2)c(F)c1. The number of nitrogens with zero attached hydrogens (tertiary/aromatic N) is 3. The minimum absolute atomic E-state index is 0.411. The molecule has 7 aromatic rings. The largest absolute Gasteiger partial charge is 0.436 e. The summed E-state index contributed by atoms with van der Waals surface area (Å²) in [5.74, 6) is -2.24. The Morgan fingerprint density at radius 3 is 1.38 bits per heavy atom. The van der Waals surface area contributed by atoms with Gasteiger partial charge in [-0.1, -0.05) is 24.3 Å². The van der Waals surface area contributed by atoms with Crippen LogP contribution in [0.25, 0.3) is 45.1 Å². The maximum atomic E-state index is 15.1. The first-order chi connectivity index (χ1) is 19.5. The number of anilines is 3. The van der Waals surface area contributed by atoms with Gasteiger partial charge >= 0.3 is 0 Å². The summed E-state index contributed by atoms with van der Waals surface area (Å²) in [6.07, 6.45) is 0. The molecule has 2 heterocycles. The van der Waals surface area contributed by atoms with E-state index in [9.17, 15) is 4.39 Å². The van der Waals surface area contributed by atoms with E-state index in [-0.39, 0.29) is 0 Å². The van der Waals surface area contributed by atoms with Crippen LogP contribution in [0.5, 0.6) is 0 Å². The fraction of sp³-hybridized carbons (Fsp3) is 0. The van der Waals surface area contributed by atoms with E-state index in [4.69, 9.17) is 8.83 Å².